The molecule has 62 valence electrons. The summed E-state index contributed by atoms with van der Waals surface area (Å²) in [7, 11) is -1.68. The molecule has 1 atom stereocenters. The van der Waals surface area contributed by atoms with Gasteiger partial charge in [0.25, 0.3) is 15.5 Å². The van der Waals surface area contributed by atoms with Gasteiger partial charge in [0.05, 0.1) is 0 Å². The summed E-state index contributed by atoms with van der Waals surface area (Å²) in [5, 5.41) is 1.07. The van der Waals surface area contributed by atoms with Crippen molar-refractivity contribution in [2.45, 2.75) is 0 Å². The smallest absolute Gasteiger partial charge is 0.294 e. The van der Waals surface area contributed by atoms with Crippen LogP contribution in [-0.2, 0) is 9.22 Å². The van der Waals surface area contributed by atoms with Crippen molar-refractivity contribution in [2.75, 3.05) is 0 Å². The van der Waals surface area contributed by atoms with Gasteiger partial charge in [-0.05, 0) is 5.19 Å². The molecule has 1 aromatic rings. The predicted octanol–water partition coefficient (Wildman–Crippen LogP) is 0.516. The van der Waals surface area contributed by atoms with Crippen LogP contribution in [0.5, 0.6) is 0 Å². The van der Waals surface area contributed by atoms with Crippen LogP contribution < -0.4 is 5.19 Å². The number of benzene rings is 1. The monoisotopic (exact) mass is 178 g/mol. The summed E-state index contributed by atoms with van der Waals surface area (Å²) in [5.41, 5.74) is 1.73. The summed E-state index contributed by atoms with van der Waals surface area (Å²) < 4.78 is 4.92. The van der Waals surface area contributed by atoms with Crippen molar-refractivity contribution in [3.8, 4) is 0 Å². The fourth-order valence-corrected chi connectivity index (χ4v) is 2.23. The van der Waals surface area contributed by atoms with Crippen LogP contribution in [0.15, 0.2) is 42.6 Å². The third kappa shape index (κ3) is 2.07. The minimum absolute atomic E-state index is 0.492. The zero-order valence-electron chi connectivity index (χ0n) is 6.64. The van der Waals surface area contributed by atoms with E-state index in [1.165, 1.54) is 0 Å². The van der Waals surface area contributed by atoms with Gasteiger partial charge < -0.3 is 4.43 Å². The third-order valence-electron chi connectivity index (χ3n) is 1.54. The second kappa shape index (κ2) is 4.51. The van der Waals surface area contributed by atoms with Gasteiger partial charge in [0, 0.05) is 0 Å². The lowest BCUT2D eigenvalue weighted by Crippen LogP contribution is -2.30. The minimum Gasteiger partial charge on any atom is -0.516 e. The highest BCUT2D eigenvalue weighted by molar-refractivity contribution is 6.72. The van der Waals surface area contributed by atoms with Crippen LogP contribution in [0.1, 0.15) is 0 Å². The Hall–Kier alpha value is -1.35. The first kappa shape index (κ1) is 8.74. The van der Waals surface area contributed by atoms with E-state index in [9.17, 15) is 4.79 Å². The Morgan fingerprint density at radius 2 is 2.00 bits per heavy atom. The summed E-state index contributed by atoms with van der Waals surface area (Å²) in [6, 6.07) is 9.67. The van der Waals surface area contributed by atoms with Gasteiger partial charge in [-0.25, -0.2) is 0 Å². The molecular weight excluding hydrogens is 168 g/mol. The molecule has 12 heavy (non-hydrogen) atoms. The normalized spacial score (nSPS) is 11.7. The number of hydrogen-bond donors (Lipinski definition) is 0. The lowest BCUT2D eigenvalue weighted by atomic mass is 10.4. The van der Waals surface area contributed by atoms with Gasteiger partial charge in [-0.1, -0.05) is 36.0 Å². The molecule has 0 heterocycles. The Bertz CT molecular complexity index is 258. The van der Waals surface area contributed by atoms with Gasteiger partial charge in [-0.2, -0.15) is 0 Å². The fourth-order valence-electron chi connectivity index (χ4n) is 0.973. The van der Waals surface area contributed by atoms with Crippen molar-refractivity contribution in [1.82, 2.24) is 0 Å². The molecule has 0 aliphatic heterocycles. The largest absolute Gasteiger partial charge is 0.516 e. The predicted molar refractivity (Wildman–Crippen MR) is 50.6 cm³/mol. The number of carbonyl (C=O) groups is 1. The molecule has 0 bridgehead atoms. The van der Waals surface area contributed by atoms with E-state index in [0.29, 0.717) is 6.47 Å². The van der Waals surface area contributed by atoms with Gasteiger partial charge in [0.1, 0.15) is 0 Å². The van der Waals surface area contributed by atoms with E-state index in [4.69, 9.17) is 4.43 Å². The molecule has 0 amide bonds. The Balaban J connectivity index is 2.79. The van der Waals surface area contributed by atoms with Gasteiger partial charge >= 0.3 is 0 Å². The molecule has 0 aliphatic carbocycles. The van der Waals surface area contributed by atoms with Crippen molar-refractivity contribution in [2.24, 2.45) is 0 Å². The Kier molecular flexibility index (Phi) is 3.28. The molecule has 0 saturated heterocycles. The summed E-state index contributed by atoms with van der Waals surface area (Å²) >= 11 is 0. The topological polar surface area (TPSA) is 26.3 Å². The molecule has 1 aromatic carbocycles. The van der Waals surface area contributed by atoms with Crippen LogP contribution in [0.4, 0.5) is 0 Å². The van der Waals surface area contributed by atoms with Crippen LogP contribution in [-0.4, -0.2) is 15.5 Å². The molecule has 0 aliphatic rings. The third-order valence-corrected chi connectivity index (χ3v) is 3.42. The van der Waals surface area contributed by atoms with Crippen LogP contribution >= 0.6 is 0 Å². The number of hydrogen-bond acceptors (Lipinski definition) is 2. The summed E-state index contributed by atoms with van der Waals surface area (Å²) in [6.45, 7) is 4.13. The maximum Gasteiger partial charge on any atom is 0.294 e. The molecule has 0 N–H and O–H groups in total. The SMILES string of the molecule is C=C[SiH](OC=O)c1ccccc1. The molecule has 0 saturated carbocycles. The number of carbonyl (C=O) groups excluding carboxylic acids is 1. The van der Waals surface area contributed by atoms with E-state index in [2.05, 4.69) is 6.58 Å². The van der Waals surface area contributed by atoms with Crippen LogP contribution in [0.25, 0.3) is 0 Å². The lowest BCUT2D eigenvalue weighted by Gasteiger charge is -2.07. The Labute approximate surface area is 73.2 Å². The zero-order chi connectivity index (χ0) is 8.81. The van der Waals surface area contributed by atoms with Gasteiger partial charge in [-0.3, -0.25) is 4.79 Å². The van der Waals surface area contributed by atoms with Crippen LogP contribution in [0.2, 0.25) is 0 Å². The first-order chi connectivity index (χ1) is 5.88. The molecular formula is C9H10O2Si. The van der Waals surface area contributed by atoms with E-state index in [0.717, 1.165) is 5.19 Å². The van der Waals surface area contributed by atoms with Gasteiger partial charge in [-0.15, -0.1) is 6.58 Å². The standard InChI is InChI=1S/C9H10O2Si/c1-2-12(11-8-10)9-6-4-3-5-7-9/h2-8,12H,1H2. The van der Waals surface area contributed by atoms with Gasteiger partial charge in [0.2, 0.25) is 0 Å². The van der Waals surface area contributed by atoms with Crippen molar-refractivity contribution in [3.05, 3.63) is 42.6 Å². The van der Waals surface area contributed by atoms with E-state index >= 15 is 0 Å². The summed E-state index contributed by atoms with van der Waals surface area (Å²) in [6.07, 6.45) is 0. The highest BCUT2D eigenvalue weighted by Crippen LogP contribution is 1.89. The molecule has 0 spiro atoms. The Morgan fingerprint density at radius 3 is 2.50 bits per heavy atom. The highest BCUT2D eigenvalue weighted by Gasteiger charge is 2.09. The molecule has 2 nitrogen and oxygen atoms in total. The second-order valence-corrected chi connectivity index (χ2v) is 4.55. The first-order valence-electron chi connectivity index (χ1n) is 3.65. The number of rotatable bonds is 4. The second-order valence-electron chi connectivity index (χ2n) is 2.30. The molecule has 0 fully saturated rings. The van der Waals surface area contributed by atoms with Crippen LogP contribution in [0.3, 0.4) is 0 Å². The zero-order valence-corrected chi connectivity index (χ0v) is 7.80. The quantitative estimate of drug-likeness (QED) is 0.496. The minimum atomic E-state index is -1.68. The maximum absolute atomic E-state index is 10.1. The highest BCUT2D eigenvalue weighted by atomic mass is 28.3. The van der Waals surface area contributed by atoms with Crippen molar-refractivity contribution in [1.29, 1.82) is 0 Å². The molecule has 1 unspecified atom stereocenters. The van der Waals surface area contributed by atoms with E-state index in [-0.39, 0.29) is 0 Å². The molecule has 0 radical (unpaired) electrons. The van der Waals surface area contributed by atoms with E-state index < -0.39 is 9.04 Å². The van der Waals surface area contributed by atoms with E-state index in [1.807, 2.05) is 30.3 Å². The van der Waals surface area contributed by atoms with Crippen molar-refractivity contribution >= 4 is 20.7 Å². The fraction of sp³-hybridized carbons (Fsp3) is 0. The lowest BCUT2D eigenvalue weighted by molar-refractivity contribution is -0.120. The summed E-state index contributed by atoms with van der Waals surface area (Å²) in [4.78, 5) is 10.1. The summed E-state index contributed by atoms with van der Waals surface area (Å²) in [5.74, 6) is 0. The average Bonchev–Trinajstić information content (AvgIpc) is 2.15. The molecule has 3 heteroatoms. The first-order valence-corrected chi connectivity index (χ1v) is 5.36. The van der Waals surface area contributed by atoms with Crippen LogP contribution in [0, 0.1) is 0 Å². The maximum atomic E-state index is 10.1. The van der Waals surface area contributed by atoms with Crippen molar-refractivity contribution in [3.63, 3.8) is 0 Å². The van der Waals surface area contributed by atoms with Gasteiger partial charge in [0.15, 0.2) is 0 Å². The van der Waals surface area contributed by atoms with E-state index in [1.54, 1.807) is 5.70 Å². The average molecular weight is 178 g/mol. The Morgan fingerprint density at radius 1 is 1.33 bits per heavy atom. The van der Waals surface area contributed by atoms with Crippen molar-refractivity contribution < 1.29 is 9.22 Å². The molecule has 1 rings (SSSR count). The molecule has 0 aromatic heterocycles.